The van der Waals surface area contributed by atoms with Gasteiger partial charge in [-0.1, -0.05) is 48.5 Å². The van der Waals surface area contributed by atoms with Crippen LogP contribution in [0.15, 0.2) is 77.8 Å². The van der Waals surface area contributed by atoms with Crippen molar-refractivity contribution in [3.63, 3.8) is 0 Å². The van der Waals surface area contributed by atoms with E-state index in [4.69, 9.17) is 10.00 Å². The molecule has 178 valence electrons. The summed E-state index contributed by atoms with van der Waals surface area (Å²) in [5.41, 5.74) is 1.23. The van der Waals surface area contributed by atoms with E-state index in [0.717, 1.165) is 21.7 Å². The molecule has 0 bridgehead atoms. The molecule has 1 heterocycles. The van der Waals surface area contributed by atoms with Gasteiger partial charge in [0.2, 0.25) is 15.8 Å². The van der Waals surface area contributed by atoms with Crippen LogP contribution in [0.5, 0.6) is 0 Å². The Morgan fingerprint density at radius 2 is 1.74 bits per heavy atom. The number of aryl methyl sites for hydroxylation is 1. The second-order valence-corrected chi connectivity index (χ2v) is 9.67. The van der Waals surface area contributed by atoms with E-state index >= 15 is 0 Å². The normalized spacial score (nSPS) is 11.4. The van der Waals surface area contributed by atoms with Crippen molar-refractivity contribution in [1.82, 2.24) is 9.29 Å². The highest BCUT2D eigenvalue weighted by atomic mass is 32.2. The lowest BCUT2D eigenvalue weighted by molar-refractivity contribution is -0.142. The molecule has 0 saturated carbocycles. The van der Waals surface area contributed by atoms with E-state index in [1.54, 1.807) is 30.5 Å². The second kappa shape index (κ2) is 10.5. The van der Waals surface area contributed by atoms with Crippen molar-refractivity contribution in [3.05, 3.63) is 78.5 Å². The first-order valence-corrected chi connectivity index (χ1v) is 12.5. The Morgan fingerprint density at radius 3 is 2.54 bits per heavy atom. The Morgan fingerprint density at radius 1 is 1.00 bits per heavy atom. The smallest absolute Gasteiger partial charge is 0.307 e. The van der Waals surface area contributed by atoms with Crippen molar-refractivity contribution in [2.24, 2.45) is 0 Å². The van der Waals surface area contributed by atoms with Crippen LogP contribution in [0.4, 0.5) is 0 Å². The van der Waals surface area contributed by atoms with Crippen LogP contribution < -0.4 is 4.72 Å². The molecule has 0 fully saturated rings. The number of carbonyl (C=O) groups excluding carboxylic acids is 2. The Bertz CT molecular complexity index is 1550. The SMILES string of the molecule is N#CCCn1cc(C(=O)COC(=O)CCNS(=O)(=O)c2ccc3ccccc3c2)c2ccccc21. The van der Waals surface area contributed by atoms with Gasteiger partial charge in [-0.05, 0) is 29.0 Å². The van der Waals surface area contributed by atoms with Gasteiger partial charge in [-0.2, -0.15) is 5.26 Å². The average Bonchev–Trinajstić information content (AvgIpc) is 3.24. The molecule has 0 aliphatic heterocycles. The first-order chi connectivity index (χ1) is 16.9. The molecule has 1 N–H and O–H groups in total. The molecule has 0 amide bonds. The van der Waals surface area contributed by atoms with Crippen LogP contribution in [0, 0.1) is 11.3 Å². The number of esters is 1. The summed E-state index contributed by atoms with van der Waals surface area (Å²) >= 11 is 0. The van der Waals surface area contributed by atoms with Gasteiger partial charge in [0.15, 0.2) is 6.61 Å². The van der Waals surface area contributed by atoms with E-state index in [2.05, 4.69) is 10.8 Å². The van der Waals surface area contributed by atoms with Gasteiger partial charge in [-0.3, -0.25) is 9.59 Å². The number of carbonyl (C=O) groups is 2. The number of nitriles is 1. The van der Waals surface area contributed by atoms with Gasteiger partial charge in [0.25, 0.3) is 0 Å². The number of Topliss-reactive ketones (excluding diaryl/α,β-unsaturated/α-hetero) is 1. The van der Waals surface area contributed by atoms with Crippen LogP contribution in [0.25, 0.3) is 21.7 Å². The van der Waals surface area contributed by atoms with Crippen LogP contribution in [0.1, 0.15) is 23.2 Å². The summed E-state index contributed by atoms with van der Waals surface area (Å²) in [5.74, 6) is -1.06. The molecule has 0 aliphatic carbocycles. The van der Waals surface area contributed by atoms with Gasteiger partial charge < -0.3 is 9.30 Å². The van der Waals surface area contributed by atoms with Crippen molar-refractivity contribution < 1.29 is 22.7 Å². The summed E-state index contributed by atoms with van der Waals surface area (Å²) in [5, 5.41) is 11.3. The van der Waals surface area contributed by atoms with Crippen LogP contribution in [-0.4, -0.2) is 37.9 Å². The van der Waals surface area contributed by atoms with Crippen molar-refractivity contribution in [2.45, 2.75) is 24.3 Å². The molecule has 4 rings (SSSR count). The quantitative estimate of drug-likeness (QED) is 0.267. The summed E-state index contributed by atoms with van der Waals surface area (Å²) in [7, 11) is -3.80. The minimum absolute atomic E-state index is 0.104. The number of ether oxygens (including phenoxy) is 1. The van der Waals surface area contributed by atoms with E-state index in [1.165, 1.54) is 6.07 Å². The number of nitrogens with one attached hydrogen (secondary N) is 1. The highest BCUT2D eigenvalue weighted by molar-refractivity contribution is 7.89. The summed E-state index contributed by atoms with van der Waals surface area (Å²) in [4.78, 5) is 24.9. The molecule has 35 heavy (non-hydrogen) atoms. The van der Waals surface area contributed by atoms with Crippen LogP contribution in [0.2, 0.25) is 0 Å². The van der Waals surface area contributed by atoms with E-state index in [-0.39, 0.29) is 23.6 Å². The topological polar surface area (TPSA) is 118 Å². The van der Waals surface area contributed by atoms with Crippen LogP contribution >= 0.6 is 0 Å². The molecule has 9 heteroatoms. The molecule has 4 aromatic rings. The molecule has 3 aromatic carbocycles. The number of aromatic nitrogens is 1. The molecule has 0 spiro atoms. The molecular weight excluding hydrogens is 466 g/mol. The summed E-state index contributed by atoms with van der Waals surface area (Å²) in [6.45, 7) is -0.167. The van der Waals surface area contributed by atoms with Crippen molar-refractivity contribution in [1.29, 1.82) is 5.26 Å². The highest BCUT2D eigenvalue weighted by Gasteiger charge is 2.18. The van der Waals surface area contributed by atoms with E-state index in [9.17, 15) is 18.0 Å². The minimum atomic E-state index is -3.80. The Balaban J connectivity index is 1.32. The van der Waals surface area contributed by atoms with Gasteiger partial charge in [0.1, 0.15) is 0 Å². The molecule has 0 aliphatic rings. The number of rotatable bonds is 10. The third-order valence-corrected chi connectivity index (χ3v) is 7.03. The number of para-hydroxylation sites is 1. The predicted octanol–water partition coefficient (Wildman–Crippen LogP) is 3.80. The lowest BCUT2D eigenvalue weighted by Gasteiger charge is -2.08. The molecular formula is C26H23N3O5S. The summed E-state index contributed by atoms with van der Waals surface area (Å²) < 4.78 is 34.5. The molecule has 1 aromatic heterocycles. The van der Waals surface area contributed by atoms with Crippen LogP contribution in [-0.2, 0) is 26.1 Å². The third kappa shape index (κ3) is 5.57. The largest absolute Gasteiger partial charge is 0.457 e. The van der Waals surface area contributed by atoms with Crippen LogP contribution in [0.3, 0.4) is 0 Å². The third-order valence-electron chi connectivity index (χ3n) is 5.57. The Hall–Kier alpha value is -4.00. The van der Waals surface area contributed by atoms with E-state index < -0.39 is 22.6 Å². The number of ketones is 1. The summed E-state index contributed by atoms with van der Waals surface area (Å²) in [6, 6.07) is 21.6. The number of sulfonamides is 1. The maximum absolute atomic E-state index is 12.7. The van der Waals surface area contributed by atoms with Gasteiger partial charge in [-0.15, -0.1) is 0 Å². The number of benzene rings is 3. The van der Waals surface area contributed by atoms with Gasteiger partial charge >= 0.3 is 5.97 Å². The number of hydrogen-bond donors (Lipinski definition) is 1. The number of nitrogens with zero attached hydrogens (tertiary/aromatic N) is 2. The van der Waals surface area contributed by atoms with E-state index in [0.29, 0.717) is 18.5 Å². The van der Waals surface area contributed by atoms with Gasteiger partial charge in [0, 0.05) is 35.8 Å². The maximum atomic E-state index is 12.7. The number of hydrogen-bond acceptors (Lipinski definition) is 6. The monoisotopic (exact) mass is 489 g/mol. The minimum Gasteiger partial charge on any atom is -0.457 e. The maximum Gasteiger partial charge on any atom is 0.307 e. The molecule has 8 nitrogen and oxygen atoms in total. The molecule has 0 unspecified atom stereocenters. The lowest BCUT2D eigenvalue weighted by atomic mass is 10.1. The van der Waals surface area contributed by atoms with Crippen molar-refractivity contribution >= 4 is 43.5 Å². The fourth-order valence-electron chi connectivity index (χ4n) is 3.83. The summed E-state index contributed by atoms with van der Waals surface area (Å²) in [6.07, 6.45) is 1.75. The average molecular weight is 490 g/mol. The predicted molar refractivity (Wildman–Crippen MR) is 131 cm³/mol. The number of fused-ring (bicyclic) bond motifs is 2. The zero-order valence-electron chi connectivity index (χ0n) is 18.8. The van der Waals surface area contributed by atoms with Crippen molar-refractivity contribution in [3.8, 4) is 6.07 Å². The first kappa shape index (κ1) is 24.1. The zero-order valence-corrected chi connectivity index (χ0v) is 19.6. The standard InChI is InChI=1S/C26H23N3O5S/c27-13-5-15-29-17-23(22-8-3-4-9-24(22)29)25(30)18-34-26(31)12-14-28-35(32,33)21-11-10-19-6-1-2-7-20(19)16-21/h1-4,6-11,16-17,28H,5,12,14-15,18H2. The van der Waals surface area contributed by atoms with E-state index in [1.807, 2.05) is 41.0 Å². The molecule has 0 atom stereocenters. The highest BCUT2D eigenvalue weighted by Crippen LogP contribution is 2.22. The fourth-order valence-corrected chi connectivity index (χ4v) is 4.89. The molecule has 0 saturated heterocycles. The fraction of sp³-hybridized carbons (Fsp3) is 0.192. The van der Waals surface area contributed by atoms with Gasteiger partial charge in [0.05, 0.1) is 23.8 Å². The molecule has 0 radical (unpaired) electrons. The lowest BCUT2D eigenvalue weighted by Crippen LogP contribution is -2.27. The first-order valence-electron chi connectivity index (χ1n) is 11.0. The Kier molecular flexibility index (Phi) is 7.25. The second-order valence-electron chi connectivity index (χ2n) is 7.90. The zero-order chi connectivity index (χ0) is 24.8. The van der Waals surface area contributed by atoms with Crippen molar-refractivity contribution in [2.75, 3.05) is 13.2 Å². The Labute approximate surface area is 202 Å². The van der Waals surface area contributed by atoms with Gasteiger partial charge in [-0.25, -0.2) is 13.1 Å².